The van der Waals surface area contributed by atoms with Crippen molar-refractivity contribution in [3.8, 4) is 11.3 Å². The Labute approximate surface area is 89.2 Å². The fourth-order valence-electron chi connectivity index (χ4n) is 1.57. The maximum atomic E-state index is 4.39. The van der Waals surface area contributed by atoms with Crippen LogP contribution in [-0.4, -0.2) is 17.0 Å². The van der Waals surface area contributed by atoms with Crippen LogP contribution in [0.25, 0.3) is 11.3 Å². The fraction of sp³-hybridized carbons (Fsp3) is 0.167. The first-order valence-corrected chi connectivity index (χ1v) is 4.86. The largest absolute Gasteiger partial charge is 0.386 e. The molecule has 0 spiro atoms. The molecule has 0 atom stereocenters. The van der Waals surface area contributed by atoms with E-state index in [4.69, 9.17) is 0 Å². The number of rotatable bonds is 2. The number of aromatic nitrogens is 2. The minimum absolute atomic E-state index is 0.999. The molecule has 15 heavy (non-hydrogen) atoms. The lowest BCUT2D eigenvalue weighted by Gasteiger charge is -2.09. The third-order valence-electron chi connectivity index (χ3n) is 2.35. The summed E-state index contributed by atoms with van der Waals surface area (Å²) in [5.74, 6) is 0. The van der Waals surface area contributed by atoms with Crippen molar-refractivity contribution in [2.24, 2.45) is 0 Å². The zero-order valence-electron chi connectivity index (χ0n) is 8.86. The molecule has 0 saturated carbocycles. The van der Waals surface area contributed by atoms with Crippen LogP contribution in [0, 0.1) is 6.92 Å². The molecule has 2 heterocycles. The highest BCUT2D eigenvalue weighted by molar-refractivity contribution is 5.76. The number of hydrogen-bond donors (Lipinski definition) is 1. The molecule has 1 N–H and O–H groups in total. The van der Waals surface area contributed by atoms with Gasteiger partial charge in [-0.25, -0.2) is 0 Å². The van der Waals surface area contributed by atoms with Gasteiger partial charge in [0.15, 0.2) is 0 Å². The maximum Gasteiger partial charge on any atom is 0.0752 e. The topological polar surface area (TPSA) is 37.8 Å². The predicted molar refractivity (Wildman–Crippen MR) is 61.8 cm³/mol. The molecule has 0 aliphatic rings. The second kappa shape index (κ2) is 4.09. The quantitative estimate of drug-likeness (QED) is 0.807. The van der Waals surface area contributed by atoms with Gasteiger partial charge in [0, 0.05) is 25.0 Å². The molecule has 3 nitrogen and oxygen atoms in total. The summed E-state index contributed by atoms with van der Waals surface area (Å²) >= 11 is 0. The summed E-state index contributed by atoms with van der Waals surface area (Å²) in [6.07, 6.45) is 5.40. The van der Waals surface area contributed by atoms with E-state index in [1.165, 1.54) is 5.56 Å². The van der Waals surface area contributed by atoms with Crippen LogP contribution in [0.15, 0.2) is 36.8 Å². The van der Waals surface area contributed by atoms with Crippen molar-refractivity contribution in [1.29, 1.82) is 0 Å². The van der Waals surface area contributed by atoms with E-state index in [0.717, 1.165) is 16.9 Å². The van der Waals surface area contributed by atoms with E-state index < -0.39 is 0 Å². The third-order valence-corrected chi connectivity index (χ3v) is 2.35. The molecule has 2 aromatic rings. The molecule has 0 aromatic carbocycles. The van der Waals surface area contributed by atoms with E-state index in [0.29, 0.717) is 0 Å². The molecule has 2 aromatic heterocycles. The van der Waals surface area contributed by atoms with Gasteiger partial charge in [0.2, 0.25) is 0 Å². The van der Waals surface area contributed by atoms with Crippen molar-refractivity contribution in [2.75, 3.05) is 12.4 Å². The monoisotopic (exact) mass is 199 g/mol. The minimum Gasteiger partial charge on any atom is -0.386 e. The van der Waals surface area contributed by atoms with Crippen LogP contribution in [0.1, 0.15) is 5.56 Å². The van der Waals surface area contributed by atoms with Gasteiger partial charge in [-0.05, 0) is 24.6 Å². The van der Waals surface area contributed by atoms with Gasteiger partial charge in [0.25, 0.3) is 0 Å². The Morgan fingerprint density at radius 2 is 2.07 bits per heavy atom. The van der Waals surface area contributed by atoms with E-state index in [2.05, 4.69) is 28.3 Å². The Morgan fingerprint density at radius 3 is 2.80 bits per heavy atom. The van der Waals surface area contributed by atoms with Crippen molar-refractivity contribution >= 4 is 5.69 Å². The number of nitrogens with zero attached hydrogens (tertiary/aromatic N) is 2. The van der Waals surface area contributed by atoms with Gasteiger partial charge in [-0.15, -0.1) is 0 Å². The van der Waals surface area contributed by atoms with Crippen molar-refractivity contribution < 1.29 is 0 Å². The van der Waals surface area contributed by atoms with E-state index in [1.54, 1.807) is 6.20 Å². The van der Waals surface area contributed by atoms with Crippen LogP contribution in [0.5, 0.6) is 0 Å². The average molecular weight is 199 g/mol. The van der Waals surface area contributed by atoms with Gasteiger partial charge in [-0.3, -0.25) is 9.97 Å². The summed E-state index contributed by atoms with van der Waals surface area (Å²) in [5, 5.41) is 3.12. The number of pyridine rings is 2. The van der Waals surface area contributed by atoms with E-state index in [-0.39, 0.29) is 0 Å². The highest BCUT2D eigenvalue weighted by Gasteiger charge is 2.06. The summed E-state index contributed by atoms with van der Waals surface area (Å²) in [7, 11) is 1.89. The minimum atomic E-state index is 0.999. The predicted octanol–water partition coefficient (Wildman–Crippen LogP) is 2.49. The lowest BCUT2D eigenvalue weighted by Crippen LogP contribution is -1.95. The molecule has 3 heteroatoms. The molecule has 0 bridgehead atoms. The van der Waals surface area contributed by atoms with Gasteiger partial charge < -0.3 is 5.32 Å². The second-order valence-electron chi connectivity index (χ2n) is 3.34. The van der Waals surface area contributed by atoms with E-state index >= 15 is 0 Å². The average Bonchev–Trinajstić information content (AvgIpc) is 2.30. The molecule has 0 fully saturated rings. The Kier molecular flexibility index (Phi) is 2.63. The van der Waals surface area contributed by atoms with Gasteiger partial charge in [0.1, 0.15) is 0 Å². The maximum absolute atomic E-state index is 4.39. The molecular weight excluding hydrogens is 186 g/mol. The van der Waals surface area contributed by atoms with Gasteiger partial charge in [0.05, 0.1) is 17.6 Å². The molecule has 2 rings (SSSR count). The second-order valence-corrected chi connectivity index (χ2v) is 3.34. The van der Waals surface area contributed by atoms with Crippen molar-refractivity contribution in [3.63, 3.8) is 0 Å². The molecule has 0 radical (unpaired) electrons. The summed E-state index contributed by atoms with van der Waals surface area (Å²) in [6.45, 7) is 2.06. The summed E-state index contributed by atoms with van der Waals surface area (Å²) in [5.41, 5.74) is 4.26. The van der Waals surface area contributed by atoms with Crippen LogP contribution in [0.4, 0.5) is 5.69 Å². The van der Waals surface area contributed by atoms with Crippen LogP contribution in [0.2, 0.25) is 0 Å². The normalized spacial score (nSPS) is 10.0. The van der Waals surface area contributed by atoms with Crippen LogP contribution in [0.3, 0.4) is 0 Å². The first-order valence-electron chi connectivity index (χ1n) is 4.86. The third kappa shape index (κ3) is 1.81. The highest BCUT2D eigenvalue weighted by atomic mass is 14.9. The fourth-order valence-corrected chi connectivity index (χ4v) is 1.57. The van der Waals surface area contributed by atoms with Crippen LogP contribution < -0.4 is 5.32 Å². The molecule has 0 unspecified atom stereocenters. The Morgan fingerprint density at radius 1 is 1.20 bits per heavy atom. The molecule has 0 aliphatic heterocycles. The molecule has 0 saturated heterocycles. The van der Waals surface area contributed by atoms with E-state index in [9.17, 15) is 0 Å². The standard InChI is InChI=1S/C12H13N3/c1-9-4-3-6-15-12(9)10-5-7-14-8-11(10)13-2/h3-8,13H,1-2H3. The lowest BCUT2D eigenvalue weighted by molar-refractivity contribution is 1.24. The number of aryl methyl sites for hydroxylation is 1. The lowest BCUT2D eigenvalue weighted by atomic mass is 10.1. The van der Waals surface area contributed by atoms with E-state index in [1.807, 2.05) is 31.6 Å². The van der Waals surface area contributed by atoms with Gasteiger partial charge >= 0.3 is 0 Å². The Bertz CT molecular complexity index is 466. The van der Waals surface area contributed by atoms with Crippen LogP contribution in [-0.2, 0) is 0 Å². The van der Waals surface area contributed by atoms with Crippen LogP contribution >= 0.6 is 0 Å². The number of nitrogens with one attached hydrogen (secondary N) is 1. The Hall–Kier alpha value is -1.90. The molecular formula is C12H13N3. The zero-order chi connectivity index (χ0) is 10.7. The van der Waals surface area contributed by atoms with Crippen molar-refractivity contribution in [3.05, 3.63) is 42.4 Å². The van der Waals surface area contributed by atoms with Gasteiger partial charge in [-0.2, -0.15) is 0 Å². The first kappa shape index (κ1) is 9.65. The van der Waals surface area contributed by atoms with Crippen molar-refractivity contribution in [1.82, 2.24) is 9.97 Å². The summed E-state index contributed by atoms with van der Waals surface area (Å²) in [4.78, 5) is 8.47. The van der Waals surface area contributed by atoms with Crippen molar-refractivity contribution in [2.45, 2.75) is 6.92 Å². The summed E-state index contributed by atoms with van der Waals surface area (Å²) in [6, 6.07) is 5.97. The zero-order valence-corrected chi connectivity index (χ0v) is 8.86. The molecule has 0 aliphatic carbocycles. The Balaban J connectivity index is 2.59. The summed E-state index contributed by atoms with van der Waals surface area (Å²) < 4.78 is 0. The number of anilines is 1. The number of hydrogen-bond acceptors (Lipinski definition) is 3. The first-order chi connectivity index (χ1) is 7.33. The molecule has 76 valence electrons. The SMILES string of the molecule is CNc1cnccc1-c1ncccc1C. The van der Waals surface area contributed by atoms with Gasteiger partial charge in [-0.1, -0.05) is 6.07 Å². The highest BCUT2D eigenvalue weighted by Crippen LogP contribution is 2.26. The smallest absolute Gasteiger partial charge is 0.0752 e. The molecule has 0 amide bonds.